The van der Waals surface area contributed by atoms with Crippen LogP contribution in [0.2, 0.25) is 0 Å². The van der Waals surface area contributed by atoms with Gasteiger partial charge in [-0.05, 0) is 86.6 Å². The van der Waals surface area contributed by atoms with Gasteiger partial charge in [-0.2, -0.15) is 0 Å². The van der Waals surface area contributed by atoms with Crippen LogP contribution < -0.4 is 0 Å². The minimum Gasteiger partial charge on any atom is -0.309 e. The molecule has 0 saturated heterocycles. The molecule has 3 heterocycles. The molecule has 12 aromatic carbocycles. The molecule has 344 valence electrons. The normalized spacial score (nSPS) is 11.8. The largest absolute Gasteiger partial charge is 0.309 e. The first kappa shape index (κ1) is 41.8. The molecule has 0 bridgehead atoms. The average Bonchev–Trinajstić information content (AvgIpc) is 4.02. The number of nitrogens with zero attached hydrogens (tertiary/aromatic N) is 5. The number of fused-ring (bicyclic) bond motifs is 9. The van der Waals surface area contributed by atoms with Gasteiger partial charge in [0.05, 0.1) is 27.8 Å². The molecule has 0 unspecified atom stereocenters. The van der Waals surface area contributed by atoms with Crippen molar-refractivity contribution in [1.29, 1.82) is 0 Å². The maximum absolute atomic E-state index is 5.73. The fourth-order valence-corrected chi connectivity index (χ4v) is 11.7. The van der Waals surface area contributed by atoms with E-state index in [-0.39, 0.29) is 0 Å². The van der Waals surface area contributed by atoms with Crippen molar-refractivity contribution in [2.75, 3.05) is 0 Å². The van der Waals surface area contributed by atoms with Gasteiger partial charge in [0.1, 0.15) is 0 Å². The molecule has 3 aromatic heterocycles. The Morgan fingerprint density at radius 2 is 0.716 bits per heavy atom. The third-order valence-corrected chi connectivity index (χ3v) is 14.9. The van der Waals surface area contributed by atoms with E-state index in [9.17, 15) is 0 Å². The van der Waals surface area contributed by atoms with Crippen LogP contribution in [0.1, 0.15) is 0 Å². The van der Waals surface area contributed by atoms with E-state index >= 15 is 0 Å². The second-order valence-corrected chi connectivity index (χ2v) is 19.1. The molecule has 0 fully saturated rings. The molecule has 5 heteroatoms. The summed E-state index contributed by atoms with van der Waals surface area (Å²) < 4.78 is 4.89. The van der Waals surface area contributed by atoms with Crippen LogP contribution in [0, 0.1) is 0 Å². The van der Waals surface area contributed by atoms with Crippen LogP contribution in [0.3, 0.4) is 0 Å². The Kier molecular flexibility index (Phi) is 9.50. The van der Waals surface area contributed by atoms with Crippen molar-refractivity contribution >= 4 is 75.9 Å². The summed E-state index contributed by atoms with van der Waals surface area (Å²) >= 11 is 0. The third kappa shape index (κ3) is 6.53. The zero-order valence-corrected chi connectivity index (χ0v) is 40.1. The molecule has 0 aliphatic carbocycles. The van der Waals surface area contributed by atoms with Gasteiger partial charge in [-0.15, -0.1) is 0 Å². The summed E-state index contributed by atoms with van der Waals surface area (Å²) in [4.78, 5) is 16.8. The lowest BCUT2D eigenvalue weighted by Crippen LogP contribution is -2.06. The van der Waals surface area contributed by atoms with E-state index in [1.165, 1.54) is 32.3 Å². The second-order valence-electron chi connectivity index (χ2n) is 19.1. The highest BCUT2D eigenvalue weighted by molar-refractivity contribution is 6.21. The fourth-order valence-electron chi connectivity index (χ4n) is 11.7. The molecular weight excluding hydrogens is 899 g/mol. The van der Waals surface area contributed by atoms with Crippen molar-refractivity contribution in [1.82, 2.24) is 24.1 Å². The van der Waals surface area contributed by atoms with Crippen LogP contribution in [-0.2, 0) is 0 Å². The lowest BCUT2D eigenvalue weighted by Gasteiger charge is -2.25. The van der Waals surface area contributed by atoms with E-state index in [0.29, 0.717) is 17.5 Å². The van der Waals surface area contributed by atoms with Gasteiger partial charge >= 0.3 is 0 Å². The van der Waals surface area contributed by atoms with Gasteiger partial charge < -0.3 is 9.13 Å². The highest BCUT2D eigenvalue weighted by Gasteiger charge is 2.29. The van der Waals surface area contributed by atoms with Crippen LogP contribution in [0.5, 0.6) is 0 Å². The number of benzene rings is 12. The van der Waals surface area contributed by atoms with Crippen molar-refractivity contribution in [3.8, 4) is 67.8 Å². The molecule has 0 aliphatic heterocycles. The van der Waals surface area contributed by atoms with Crippen LogP contribution in [0.15, 0.2) is 261 Å². The Morgan fingerprint density at radius 3 is 1.34 bits per heavy atom. The maximum Gasteiger partial charge on any atom is 0.165 e. The highest BCUT2D eigenvalue weighted by atomic mass is 15.0. The van der Waals surface area contributed by atoms with E-state index in [0.717, 1.165) is 93.9 Å². The van der Waals surface area contributed by atoms with Crippen molar-refractivity contribution in [3.63, 3.8) is 0 Å². The molecule has 5 nitrogen and oxygen atoms in total. The standard InChI is InChI=1S/C69H43N5/c1-5-22-44(23-6-1)62-63(45-24-7-2-8-25-45)66(74-60-42-49-30-15-13-28-47(49)40-56(60)57-41-48-29-14-16-31-50(48)43-61(57)74)53-35-18-17-34-52(53)65(62)69-71-67(46-26-9-3-10-27-46)70-68(72-69)55-37-21-39-59-64(55)54-36-19-20-38-58(54)73(59)51-32-11-4-12-33-51/h1-43H. The van der Waals surface area contributed by atoms with Crippen LogP contribution in [0.4, 0.5) is 0 Å². The monoisotopic (exact) mass is 941 g/mol. The first-order valence-corrected chi connectivity index (χ1v) is 25.2. The van der Waals surface area contributed by atoms with Gasteiger partial charge in [-0.3, -0.25) is 0 Å². The van der Waals surface area contributed by atoms with Gasteiger partial charge in [0, 0.05) is 60.4 Å². The summed E-state index contributed by atoms with van der Waals surface area (Å²) in [5.74, 6) is 1.80. The number of hydrogen-bond acceptors (Lipinski definition) is 3. The lowest BCUT2D eigenvalue weighted by atomic mass is 9.84. The summed E-state index contributed by atoms with van der Waals surface area (Å²) in [7, 11) is 0. The topological polar surface area (TPSA) is 48.5 Å². The van der Waals surface area contributed by atoms with E-state index < -0.39 is 0 Å². The minimum atomic E-state index is 0.593. The summed E-state index contributed by atoms with van der Waals surface area (Å²) in [5, 5.41) is 11.5. The Morgan fingerprint density at radius 1 is 0.257 bits per heavy atom. The van der Waals surface area contributed by atoms with E-state index in [1.807, 2.05) is 6.07 Å². The zero-order valence-electron chi connectivity index (χ0n) is 40.1. The first-order valence-electron chi connectivity index (χ1n) is 25.2. The molecular formula is C69H43N5. The lowest BCUT2D eigenvalue weighted by molar-refractivity contribution is 1.08. The van der Waals surface area contributed by atoms with Crippen molar-refractivity contribution in [2.24, 2.45) is 0 Å². The Hall–Kier alpha value is -9.97. The van der Waals surface area contributed by atoms with Gasteiger partial charge in [-0.25, -0.2) is 15.0 Å². The molecule has 74 heavy (non-hydrogen) atoms. The number of rotatable bonds is 7. The van der Waals surface area contributed by atoms with Gasteiger partial charge in [0.25, 0.3) is 0 Å². The van der Waals surface area contributed by atoms with Crippen LogP contribution in [-0.4, -0.2) is 24.1 Å². The Balaban J connectivity index is 1.12. The van der Waals surface area contributed by atoms with Gasteiger partial charge in [0.2, 0.25) is 0 Å². The third-order valence-electron chi connectivity index (χ3n) is 14.9. The zero-order chi connectivity index (χ0) is 48.7. The second kappa shape index (κ2) is 16.8. The molecule has 0 amide bonds. The number of para-hydroxylation sites is 2. The summed E-state index contributed by atoms with van der Waals surface area (Å²) in [6, 6.07) is 93.6. The Labute approximate surface area is 426 Å². The van der Waals surface area contributed by atoms with Crippen LogP contribution in [0.25, 0.3) is 144 Å². The Bertz CT molecular complexity index is 4600. The van der Waals surface area contributed by atoms with Crippen molar-refractivity contribution < 1.29 is 0 Å². The quantitative estimate of drug-likeness (QED) is 0.160. The summed E-state index contributed by atoms with van der Waals surface area (Å²) in [5.41, 5.74) is 13.7. The first-order chi connectivity index (χ1) is 36.7. The SMILES string of the molecule is c1ccc(-c2nc(-c3c(-c4ccccc4)c(-c4ccccc4)c(-n4c5cc6ccccc6cc5c5cc6ccccc6cc54)c4ccccc34)nc(-c3cccc4c3c3ccccc3n4-c3ccccc3)n2)cc1. The van der Waals surface area contributed by atoms with Crippen LogP contribution >= 0.6 is 0 Å². The fraction of sp³-hybridized carbons (Fsp3) is 0. The molecule has 0 saturated carbocycles. The van der Waals surface area contributed by atoms with E-state index in [1.54, 1.807) is 0 Å². The van der Waals surface area contributed by atoms with Gasteiger partial charge in [-0.1, -0.05) is 212 Å². The molecule has 0 radical (unpaired) electrons. The molecule has 0 atom stereocenters. The smallest absolute Gasteiger partial charge is 0.165 e. The molecule has 15 rings (SSSR count). The highest BCUT2D eigenvalue weighted by Crippen LogP contribution is 2.51. The van der Waals surface area contributed by atoms with E-state index in [2.05, 4.69) is 264 Å². The molecule has 0 aliphatic rings. The average molecular weight is 942 g/mol. The minimum absolute atomic E-state index is 0.593. The predicted molar refractivity (Wildman–Crippen MR) is 308 cm³/mol. The predicted octanol–water partition coefficient (Wildman–Crippen LogP) is 17.9. The summed E-state index contributed by atoms with van der Waals surface area (Å²) in [6.45, 7) is 0. The maximum atomic E-state index is 5.73. The van der Waals surface area contributed by atoms with E-state index in [4.69, 9.17) is 15.0 Å². The van der Waals surface area contributed by atoms with Gasteiger partial charge in [0.15, 0.2) is 17.5 Å². The number of hydrogen-bond donors (Lipinski definition) is 0. The van der Waals surface area contributed by atoms with Crippen molar-refractivity contribution in [3.05, 3.63) is 261 Å². The molecule has 0 spiro atoms. The molecule has 15 aromatic rings. The van der Waals surface area contributed by atoms with Crippen molar-refractivity contribution in [2.45, 2.75) is 0 Å². The molecule has 0 N–H and O–H groups in total. The summed E-state index contributed by atoms with van der Waals surface area (Å²) in [6.07, 6.45) is 0. The number of aromatic nitrogens is 5.